The quantitative estimate of drug-likeness (QED) is 0.448. The lowest BCUT2D eigenvalue weighted by atomic mass is 9.97. The first kappa shape index (κ1) is 18.8. The van der Waals surface area contributed by atoms with Gasteiger partial charge in [0.05, 0.1) is 7.11 Å². The van der Waals surface area contributed by atoms with Crippen LogP contribution in [0.1, 0.15) is 12.0 Å². The molecule has 3 aromatic carbocycles. The predicted molar refractivity (Wildman–Crippen MR) is 101 cm³/mol. The molecule has 0 unspecified atom stereocenters. The van der Waals surface area contributed by atoms with Crippen molar-refractivity contribution in [1.29, 1.82) is 0 Å². The molecule has 2 nitrogen and oxygen atoms in total. The minimum Gasteiger partial charge on any atom is -0.497 e. The molecular weight excluding hydrogens is 353 g/mol. The van der Waals surface area contributed by atoms with E-state index in [1.807, 2.05) is 24.3 Å². The zero-order chi connectivity index (χ0) is 19.4. The Bertz CT molecular complexity index is 950. The van der Waals surface area contributed by atoms with Crippen LogP contribution in [0.15, 0.2) is 61.2 Å². The fourth-order valence-electron chi connectivity index (χ4n) is 3.02. The number of hydrogen-bond acceptors (Lipinski definition) is 2. The molecule has 5 heteroatoms. The molecule has 0 spiro atoms. The largest absolute Gasteiger partial charge is 0.497 e. The average molecular weight is 372 g/mol. The van der Waals surface area contributed by atoms with E-state index >= 15 is 0 Å². The smallest absolute Gasteiger partial charge is 0.387 e. The third kappa shape index (κ3) is 4.08. The maximum Gasteiger partial charge on any atom is 0.387 e. The van der Waals surface area contributed by atoms with Crippen LogP contribution in [0.5, 0.6) is 11.5 Å². The number of alkyl halides is 2. The molecule has 0 aliphatic rings. The maximum absolute atomic E-state index is 15.0. The minimum absolute atomic E-state index is 0.135. The molecule has 0 heterocycles. The number of allylic oxidation sites excluding steroid dienone is 1. The van der Waals surface area contributed by atoms with Gasteiger partial charge in [0, 0.05) is 10.9 Å². The van der Waals surface area contributed by atoms with Gasteiger partial charge in [0.1, 0.15) is 17.3 Å². The fraction of sp³-hybridized carbons (Fsp3) is 0.182. The first-order valence-electron chi connectivity index (χ1n) is 8.48. The first-order chi connectivity index (χ1) is 13.0. The van der Waals surface area contributed by atoms with Crippen LogP contribution in [0.4, 0.5) is 13.2 Å². The van der Waals surface area contributed by atoms with Crippen molar-refractivity contribution in [3.05, 3.63) is 72.6 Å². The van der Waals surface area contributed by atoms with Crippen LogP contribution in [-0.2, 0) is 6.42 Å². The summed E-state index contributed by atoms with van der Waals surface area (Å²) in [5.41, 5.74) is 1.89. The number of hydrogen-bond donors (Lipinski definition) is 0. The lowest BCUT2D eigenvalue weighted by Gasteiger charge is -2.14. The first-order valence-corrected chi connectivity index (χ1v) is 8.48. The molecular formula is C22H19F3O2. The predicted octanol–water partition coefficient (Wildman–Crippen LogP) is 6.37. The molecule has 0 N–H and O–H groups in total. The van der Waals surface area contributed by atoms with Gasteiger partial charge in [-0.3, -0.25) is 0 Å². The van der Waals surface area contributed by atoms with E-state index in [0.29, 0.717) is 17.2 Å². The highest BCUT2D eigenvalue weighted by Crippen LogP contribution is 2.34. The molecule has 0 aliphatic carbocycles. The summed E-state index contributed by atoms with van der Waals surface area (Å²) in [7, 11) is 1.59. The van der Waals surface area contributed by atoms with Gasteiger partial charge in [-0.1, -0.05) is 30.3 Å². The van der Waals surface area contributed by atoms with Gasteiger partial charge in [0.2, 0.25) is 0 Å². The second-order valence-corrected chi connectivity index (χ2v) is 6.04. The van der Waals surface area contributed by atoms with Crippen LogP contribution in [0, 0.1) is 5.82 Å². The molecule has 0 atom stereocenters. The van der Waals surface area contributed by atoms with Gasteiger partial charge in [-0.15, -0.1) is 6.58 Å². The molecule has 0 saturated carbocycles. The zero-order valence-corrected chi connectivity index (χ0v) is 14.8. The second kappa shape index (κ2) is 8.16. The number of ether oxygens (including phenoxy) is 2. The van der Waals surface area contributed by atoms with E-state index in [1.165, 1.54) is 6.07 Å². The summed E-state index contributed by atoms with van der Waals surface area (Å²) < 4.78 is 50.3. The summed E-state index contributed by atoms with van der Waals surface area (Å²) in [6.45, 7) is 0.576. The van der Waals surface area contributed by atoms with Gasteiger partial charge in [-0.05, 0) is 53.6 Å². The Kier molecular flexibility index (Phi) is 5.69. The maximum atomic E-state index is 15.0. The van der Waals surface area contributed by atoms with Crippen molar-refractivity contribution in [2.75, 3.05) is 7.11 Å². The zero-order valence-electron chi connectivity index (χ0n) is 14.8. The van der Waals surface area contributed by atoms with Crippen LogP contribution in [-0.4, -0.2) is 13.7 Å². The molecule has 140 valence electrons. The van der Waals surface area contributed by atoms with E-state index in [0.717, 1.165) is 16.9 Å². The summed E-state index contributed by atoms with van der Waals surface area (Å²) in [6.07, 6.45) is 2.32. The Labute approximate surface area is 155 Å². The molecule has 0 amide bonds. The number of fused-ring (bicyclic) bond motifs is 1. The Hall–Kier alpha value is -2.95. The van der Waals surface area contributed by atoms with E-state index in [-0.39, 0.29) is 17.7 Å². The monoisotopic (exact) mass is 372 g/mol. The molecule has 27 heavy (non-hydrogen) atoms. The average Bonchev–Trinajstić information content (AvgIpc) is 2.67. The molecule has 3 aromatic rings. The molecule has 0 aromatic heterocycles. The Morgan fingerprint density at radius 2 is 1.74 bits per heavy atom. The summed E-state index contributed by atoms with van der Waals surface area (Å²) in [6, 6.07) is 14.1. The highest BCUT2D eigenvalue weighted by atomic mass is 19.3. The van der Waals surface area contributed by atoms with E-state index in [2.05, 4.69) is 11.3 Å². The van der Waals surface area contributed by atoms with E-state index in [4.69, 9.17) is 4.74 Å². The fourth-order valence-corrected chi connectivity index (χ4v) is 3.02. The van der Waals surface area contributed by atoms with Gasteiger partial charge in [-0.25, -0.2) is 4.39 Å². The molecule has 0 aliphatic heterocycles. The molecule has 0 fully saturated rings. The van der Waals surface area contributed by atoms with Gasteiger partial charge in [-0.2, -0.15) is 8.78 Å². The van der Waals surface area contributed by atoms with Crippen LogP contribution in [0.25, 0.3) is 21.9 Å². The van der Waals surface area contributed by atoms with Crippen molar-refractivity contribution in [3.8, 4) is 22.6 Å². The normalized spacial score (nSPS) is 11.0. The SMILES string of the molecule is C=CCCc1c(OC(F)F)cc2cc(-c3ccc(OC)cc3)ccc2c1F. The summed E-state index contributed by atoms with van der Waals surface area (Å²) >= 11 is 0. The minimum atomic E-state index is -3.02. The van der Waals surface area contributed by atoms with Crippen LogP contribution in [0.3, 0.4) is 0 Å². The van der Waals surface area contributed by atoms with Crippen molar-refractivity contribution < 1.29 is 22.6 Å². The van der Waals surface area contributed by atoms with E-state index < -0.39 is 12.4 Å². The Balaban J connectivity index is 2.10. The van der Waals surface area contributed by atoms with E-state index in [1.54, 1.807) is 31.4 Å². The molecule has 0 bridgehead atoms. The van der Waals surface area contributed by atoms with Crippen molar-refractivity contribution in [1.82, 2.24) is 0 Å². The number of methoxy groups -OCH3 is 1. The van der Waals surface area contributed by atoms with Crippen LogP contribution in [0.2, 0.25) is 0 Å². The van der Waals surface area contributed by atoms with Crippen molar-refractivity contribution in [3.63, 3.8) is 0 Å². The topological polar surface area (TPSA) is 18.5 Å². The third-order valence-electron chi connectivity index (χ3n) is 4.37. The highest BCUT2D eigenvalue weighted by Gasteiger charge is 2.17. The molecule has 0 radical (unpaired) electrons. The van der Waals surface area contributed by atoms with Crippen LogP contribution >= 0.6 is 0 Å². The van der Waals surface area contributed by atoms with Gasteiger partial charge >= 0.3 is 6.61 Å². The van der Waals surface area contributed by atoms with Gasteiger partial charge in [0.15, 0.2) is 0 Å². The number of benzene rings is 3. The van der Waals surface area contributed by atoms with Crippen LogP contribution < -0.4 is 9.47 Å². The lowest BCUT2D eigenvalue weighted by Crippen LogP contribution is -2.06. The Morgan fingerprint density at radius 3 is 2.37 bits per heavy atom. The van der Waals surface area contributed by atoms with Crippen molar-refractivity contribution in [2.24, 2.45) is 0 Å². The van der Waals surface area contributed by atoms with E-state index in [9.17, 15) is 13.2 Å². The Morgan fingerprint density at radius 1 is 1.04 bits per heavy atom. The van der Waals surface area contributed by atoms with Crippen molar-refractivity contribution >= 4 is 10.8 Å². The molecule has 3 rings (SSSR count). The van der Waals surface area contributed by atoms with Gasteiger partial charge < -0.3 is 9.47 Å². The summed E-state index contributed by atoms with van der Waals surface area (Å²) in [4.78, 5) is 0. The number of rotatable bonds is 7. The van der Waals surface area contributed by atoms with Crippen molar-refractivity contribution in [2.45, 2.75) is 19.5 Å². The second-order valence-electron chi connectivity index (χ2n) is 6.04. The summed E-state index contributed by atoms with van der Waals surface area (Å²) in [5.74, 6) is 0.0556. The number of halogens is 3. The third-order valence-corrected chi connectivity index (χ3v) is 4.37. The highest BCUT2D eigenvalue weighted by molar-refractivity contribution is 5.90. The lowest BCUT2D eigenvalue weighted by molar-refractivity contribution is -0.0505. The standard InChI is InChI=1S/C22H19F3O2/c1-3-4-5-19-20(27-22(24)25)13-16-12-15(8-11-18(16)21(19)23)14-6-9-17(26-2)10-7-14/h3,6-13,22H,1,4-5H2,2H3. The summed E-state index contributed by atoms with van der Waals surface area (Å²) in [5, 5.41) is 0.867. The molecule has 0 saturated heterocycles. The van der Waals surface area contributed by atoms with Gasteiger partial charge in [0.25, 0.3) is 0 Å².